The van der Waals surface area contributed by atoms with E-state index in [-0.39, 0.29) is 5.92 Å². The van der Waals surface area contributed by atoms with Crippen molar-refractivity contribution in [1.82, 2.24) is 4.90 Å². The Balaban J connectivity index is 2.06. The van der Waals surface area contributed by atoms with E-state index in [2.05, 4.69) is 4.90 Å². The maximum absolute atomic E-state index is 11.0. The van der Waals surface area contributed by atoms with E-state index in [0.717, 1.165) is 32.4 Å². The average molecular weight is 183 g/mol. The lowest BCUT2D eigenvalue weighted by molar-refractivity contribution is -0.146. The first-order valence-electron chi connectivity index (χ1n) is 5.26. The van der Waals surface area contributed by atoms with Crippen molar-refractivity contribution in [1.29, 1.82) is 0 Å². The van der Waals surface area contributed by atoms with Crippen molar-refractivity contribution in [3.05, 3.63) is 0 Å². The van der Waals surface area contributed by atoms with Crippen LogP contribution in [0.5, 0.6) is 0 Å². The van der Waals surface area contributed by atoms with Gasteiger partial charge < -0.3 is 5.11 Å². The Hall–Kier alpha value is -0.570. The molecule has 0 unspecified atom stereocenters. The first-order valence-corrected chi connectivity index (χ1v) is 5.26. The summed E-state index contributed by atoms with van der Waals surface area (Å²) in [6.07, 6.45) is 5.51. The molecular weight excluding hydrogens is 166 g/mol. The Morgan fingerprint density at radius 1 is 1.15 bits per heavy atom. The third kappa shape index (κ3) is 1.70. The van der Waals surface area contributed by atoms with Crippen LogP contribution >= 0.6 is 0 Å². The number of carboxylic acid groups (broad SMARTS) is 1. The Kier molecular flexibility index (Phi) is 2.54. The van der Waals surface area contributed by atoms with Gasteiger partial charge in [0.15, 0.2) is 0 Å². The van der Waals surface area contributed by atoms with Crippen molar-refractivity contribution in [2.75, 3.05) is 13.1 Å². The van der Waals surface area contributed by atoms with Gasteiger partial charge in [-0.05, 0) is 38.8 Å². The van der Waals surface area contributed by atoms with Gasteiger partial charge in [-0.3, -0.25) is 9.69 Å². The molecule has 2 fully saturated rings. The zero-order chi connectivity index (χ0) is 9.26. The zero-order valence-corrected chi connectivity index (χ0v) is 7.91. The van der Waals surface area contributed by atoms with Crippen LogP contribution in [0.1, 0.15) is 32.1 Å². The molecule has 2 aliphatic heterocycles. The lowest BCUT2D eigenvalue weighted by atomic mass is 9.84. The predicted octanol–water partition coefficient (Wildman–Crippen LogP) is 1.34. The SMILES string of the molecule is O=C(O)[C@@H]1CCCN2CCCC[C@@H]12. The summed E-state index contributed by atoms with van der Waals surface area (Å²) in [5.41, 5.74) is 0. The van der Waals surface area contributed by atoms with Crippen LogP contribution in [-0.2, 0) is 4.79 Å². The highest BCUT2D eigenvalue weighted by Crippen LogP contribution is 2.30. The highest BCUT2D eigenvalue weighted by Gasteiger charge is 2.36. The van der Waals surface area contributed by atoms with Crippen LogP contribution in [0, 0.1) is 5.92 Å². The Labute approximate surface area is 78.7 Å². The maximum Gasteiger partial charge on any atom is 0.308 e. The smallest absolute Gasteiger partial charge is 0.308 e. The van der Waals surface area contributed by atoms with Gasteiger partial charge in [-0.25, -0.2) is 0 Å². The molecule has 0 aromatic carbocycles. The van der Waals surface area contributed by atoms with Crippen molar-refractivity contribution in [2.45, 2.75) is 38.1 Å². The molecule has 0 bridgehead atoms. The van der Waals surface area contributed by atoms with Crippen molar-refractivity contribution >= 4 is 5.97 Å². The van der Waals surface area contributed by atoms with E-state index >= 15 is 0 Å². The average Bonchev–Trinajstić information content (AvgIpc) is 2.17. The van der Waals surface area contributed by atoms with Gasteiger partial charge in [0, 0.05) is 6.04 Å². The van der Waals surface area contributed by atoms with Gasteiger partial charge in [0.2, 0.25) is 0 Å². The molecule has 0 amide bonds. The highest BCUT2D eigenvalue weighted by atomic mass is 16.4. The monoisotopic (exact) mass is 183 g/mol. The van der Waals surface area contributed by atoms with Crippen LogP contribution in [0.4, 0.5) is 0 Å². The molecule has 3 nitrogen and oxygen atoms in total. The van der Waals surface area contributed by atoms with Crippen LogP contribution in [0.15, 0.2) is 0 Å². The van der Waals surface area contributed by atoms with E-state index in [4.69, 9.17) is 5.11 Å². The van der Waals surface area contributed by atoms with Crippen LogP contribution in [0.25, 0.3) is 0 Å². The minimum atomic E-state index is -0.586. The van der Waals surface area contributed by atoms with E-state index in [1.807, 2.05) is 0 Å². The van der Waals surface area contributed by atoms with Crippen molar-refractivity contribution in [3.8, 4) is 0 Å². The Morgan fingerprint density at radius 2 is 1.92 bits per heavy atom. The number of carboxylic acids is 1. The summed E-state index contributed by atoms with van der Waals surface area (Å²) in [7, 11) is 0. The van der Waals surface area contributed by atoms with Gasteiger partial charge in [0.25, 0.3) is 0 Å². The summed E-state index contributed by atoms with van der Waals surface area (Å²) >= 11 is 0. The molecular formula is C10H17NO2. The second-order valence-corrected chi connectivity index (χ2v) is 4.19. The number of nitrogens with zero attached hydrogens (tertiary/aromatic N) is 1. The van der Waals surface area contributed by atoms with Crippen LogP contribution in [0.3, 0.4) is 0 Å². The fourth-order valence-corrected chi connectivity index (χ4v) is 2.74. The molecule has 2 saturated heterocycles. The number of hydrogen-bond acceptors (Lipinski definition) is 2. The standard InChI is InChI=1S/C10H17NO2/c12-10(13)8-4-3-7-11-6-2-1-5-9(8)11/h8-9H,1-7H2,(H,12,13)/t8-,9+/m1/s1. The minimum Gasteiger partial charge on any atom is -0.481 e. The normalized spacial score (nSPS) is 35.4. The second kappa shape index (κ2) is 3.66. The number of rotatable bonds is 1. The molecule has 2 atom stereocenters. The molecule has 0 saturated carbocycles. The topological polar surface area (TPSA) is 40.5 Å². The number of aliphatic carboxylic acids is 1. The number of piperidine rings is 2. The molecule has 0 aromatic heterocycles. The first-order chi connectivity index (χ1) is 6.29. The molecule has 0 radical (unpaired) electrons. The molecule has 2 rings (SSSR count). The molecule has 2 aliphatic rings. The summed E-state index contributed by atoms with van der Waals surface area (Å²) in [6.45, 7) is 2.24. The molecule has 1 N–H and O–H groups in total. The van der Waals surface area contributed by atoms with Crippen LogP contribution < -0.4 is 0 Å². The molecule has 0 aliphatic carbocycles. The quantitative estimate of drug-likeness (QED) is 0.666. The van der Waals surface area contributed by atoms with Gasteiger partial charge in [-0.2, -0.15) is 0 Å². The van der Waals surface area contributed by atoms with E-state index in [1.165, 1.54) is 12.8 Å². The molecule has 74 valence electrons. The van der Waals surface area contributed by atoms with Gasteiger partial charge in [-0.15, -0.1) is 0 Å². The third-order valence-electron chi connectivity index (χ3n) is 3.41. The number of carbonyl (C=O) groups is 1. The fraction of sp³-hybridized carbons (Fsp3) is 0.900. The zero-order valence-electron chi connectivity index (χ0n) is 7.91. The lowest BCUT2D eigenvalue weighted by Crippen LogP contribution is -2.50. The van der Waals surface area contributed by atoms with Gasteiger partial charge in [0.1, 0.15) is 0 Å². The number of hydrogen-bond donors (Lipinski definition) is 1. The van der Waals surface area contributed by atoms with E-state index in [9.17, 15) is 4.79 Å². The summed E-state index contributed by atoms with van der Waals surface area (Å²) < 4.78 is 0. The van der Waals surface area contributed by atoms with E-state index in [0.29, 0.717) is 6.04 Å². The highest BCUT2D eigenvalue weighted by molar-refractivity contribution is 5.71. The van der Waals surface area contributed by atoms with Gasteiger partial charge >= 0.3 is 5.97 Å². The first kappa shape index (κ1) is 9.00. The molecule has 0 spiro atoms. The Bertz CT molecular complexity index is 203. The molecule has 2 heterocycles. The Morgan fingerprint density at radius 3 is 2.69 bits per heavy atom. The summed E-state index contributed by atoms with van der Waals surface area (Å²) in [6, 6.07) is 0.347. The van der Waals surface area contributed by atoms with Gasteiger partial charge in [-0.1, -0.05) is 6.42 Å². The summed E-state index contributed by atoms with van der Waals surface area (Å²) in [5.74, 6) is -0.675. The molecule has 0 aromatic rings. The van der Waals surface area contributed by atoms with Crippen molar-refractivity contribution in [2.24, 2.45) is 5.92 Å². The predicted molar refractivity (Wildman–Crippen MR) is 49.6 cm³/mol. The summed E-state index contributed by atoms with van der Waals surface area (Å²) in [5, 5.41) is 9.05. The maximum atomic E-state index is 11.0. The van der Waals surface area contributed by atoms with Gasteiger partial charge in [0.05, 0.1) is 5.92 Å². The van der Waals surface area contributed by atoms with Crippen molar-refractivity contribution in [3.63, 3.8) is 0 Å². The third-order valence-corrected chi connectivity index (χ3v) is 3.41. The van der Waals surface area contributed by atoms with Crippen LogP contribution in [0.2, 0.25) is 0 Å². The second-order valence-electron chi connectivity index (χ2n) is 4.19. The van der Waals surface area contributed by atoms with E-state index < -0.39 is 5.97 Å². The largest absolute Gasteiger partial charge is 0.481 e. The lowest BCUT2D eigenvalue weighted by Gasteiger charge is -2.42. The van der Waals surface area contributed by atoms with Crippen molar-refractivity contribution < 1.29 is 9.90 Å². The minimum absolute atomic E-state index is 0.0888. The fourth-order valence-electron chi connectivity index (χ4n) is 2.74. The summed E-state index contributed by atoms with van der Waals surface area (Å²) in [4.78, 5) is 13.4. The van der Waals surface area contributed by atoms with Crippen LogP contribution in [-0.4, -0.2) is 35.1 Å². The van der Waals surface area contributed by atoms with E-state index in [1.54, 1.807) is 0 Å². The molecule has 3 heteroatoms. The number of fused-ring (bicyclic) bond motifs is 1. The molecule has 13 heavy (non-hydrogen) atoms.